The first kappa shape index (κ1) is 17.9. The molecule has 2 heterocycles. The summed E-state index contributed by atoms with van der Waals surface area (Å²) in [6.45, 7) is 3.19. The van der Waals surface area contributed by atoms with Gasteiger partial charge in [-0.2, -0.15) is 0 Å². The topological polar surface area (TPSA) is 75.4 Å². The monoisotopic (exact) mass is 375 g/mol. The van der Waals surface area contributed by atoms with Crippen molar-refractivity contribution < 1.29 is 4.92 Å². The van der Waals surface area contributed by atoms with E-state index in [1.807, 2.05) is 65.3 Å². The SMILES string of the molecule is CCN(c1ccccc1)c1ncnc(N2CCCc3ccccc32)c1[N+](=O)[O-]. The van der Waals surface area contributed by atoms with Gasteiger partial charge in [-0.1, -0.05) is 36.4 Å². The van der Waals surface area contributed by atoms with E-state index in [-0.39, 0.29) is 10.6 Å². The maximum atomic E-state index is 12.1. The summed E-state index contributed by atoms with van der Waals surface area (Å²) < 4.78 is 0. The van der Waals surface area contributed by atoms with E-state index < -0.39 is 0 Å². The minimum Gasteiger partial charge on any atom is -0.321 e. The second-order valence-electron chi connectivity index (χ2n) is 6.59. The third kappa shape index (κ3) is 3.15. The lowest BCUT2D eigenvalue weighted by atomic mass is 10.0. The summed E-state index contributed by atoms with van der Waals surface area (Å²) in [4.78, 5) is 24.2. The van der Waals surface area contributed by atoms with Gasteiger partial charge in [-0.25, -0.2) is 9.97 Å². The fourth-order valence-electron chi connectivity index (χ4n) is 3.74. The zero-order valence-electron chi connectivity index (χ0n) is 15.7. The van der Waals surface area contributed by atoms with Crippen molar-refractivity contribution >= 4 is 28.7 Å². The standard InChI is InChI=1S/C21H21N5O2/c1-2-24(17-11-4-3-5-12-17)20-19(26(27)28)21(23-15-22-20)25-14-8-10-16-9-6-7-13-18(16)25/h3-7,9,11-13,15H,2,8,10,14H2,1H3. The molecule has 7 nitrogen and oxygen atoms in total. The zero-order chi connectivity index (χ0) is 19.5. The van der Waals surface area contributed by atoms with Gasteiger partial charge in [0.2, 0.25) is 11.6 Å². The van der Waals surface area contributed by atoms with Crippen molar-refractivity contribution in [2.75, 3.05) is 22.9 Å². The molecule has 1 aliphatic rings. The molecule has 0 radical (unpaired) electrons. The zero-order valence-corrected chi connectivity index (χ0v) is 15.7. The van der Waals surface area contributed by atoms with Gasteiger partial charge < -0.3 is 9.80 Å². The molecular formula is C21H21N5O2. The number of para-hydroxylation sites is 2. The van der Waals surface area contributed by atoms with Crippen LogP contribution in [0.1, 0.15) is 18.9 Å². The molecule has 0 bridgehead atoms. The highest BCUT2D eigenvalue weighted by Crippen LogP contribution is 2.41. The number of benzene rings is 2. The van der Waals surface area contributed by atoms with E-state index in [9.17, 15) is 10.1 Å². The van der Waals surface area contributed by atoms with E-state index in [0.29, 0.717) is 24.7 Å². The largest absolute Gasteiger partial charge is 0.354 e. The van der Waals surface area contributed by atoms with Crippen LogP contribution in [0, 0.1) is 10.1 Å². The van der Waals surface area contributed by atoms with Gasteiger partial charge in [0, 0.05) is 24.5 Å². The van der Waals surface area contributed by atoms with Gasteiger partial charge in [-0.05, 0) is 43.5 Å². The molecule has 142 valence electrons. The molecule has 0 fully saturated rings. The van der Waals surface area contributed by atoms with Crippen molar-refractivity contribution in [2.45, 2.75) is 19.8 Å². The lowest BCUT2D eigenvalue weighted by Crippen LogP contribution is -2.27. The van der Waals surface area contributed by atoms with Crippen LogP contribution in [0.3, 0.4) is 0 Å². The summed E-state index contributed by atoms with van der Waals surface area (Å²) in [7, 11) is 0. The summed E-state index contributed by atoms with van der Waals surface area (Å²) in [5.41, 5.74) is 2.95. The average Bonchev–Trinajstić information content (AvgIpc) is 2.74. The van der Waals surface area contributed by atoms with Gasteiger partial charge in [0.25, 0.3) is 0 Å². The first-order valence-electron chi connectivity index (χ1n) is 9.38. The molecule has 0 saturated carbocycles. The summed E-state index contributed by atoms with van der Waals surface area (Å²) in [5, 5.41) is 12.1. The van der Waals surface area contributed by atoms with E-state index in [4.69, 9.17) is 0 Å². The maximum absolute atomic E-state index is 12.1. The molecular weight excluding hydrogens is 354 g/mol. The van der Waals surface area contributed by atoms with Crippen molar-refractivity contribution in [2.24, 2.45) is 0 Å². The van der Waals surface area contributed by atoms with Crippen molar-refractivity contribution in [1.82, 2.24) is 9.97 Å². The Morgan fingerprint density at radius 3 is 2.61 bits per heavy atom. The number of hydrogen-bond donors (Lipinski definition) is 0. The fourth-order valence-corrected chi connectivity index (χ4v) is 3.74. The van der Waals surface area contributed by atoms with Crippen LogP contribution in [0.15, 0.2) is 60.9 Å². The lowest BCUT2D eigenvalue weighted by molar-refractivity contribution is -0.383. The fraction of sp³-hybridized carbons (Fsp3) is 0.238. The number of aromatic nitrogens is 2. The molecule has 0 amide bonds. The Hall–Kier alpha value is -3.48. The molecule has 1 aromatic heterocycles. The molecule has 3 aromatic rings. The van der Waals surface area contributed by atoms with E-state index in [2.05, 4.69) is 16.0 Å². The van der Waals surface area contributed by atoms with Crippen LogP contribution in [0.5, 0.6) is 0 Å². The van der Waals surface area contributed by atoms with Crippen molar-refractivity contribution in [3.05, 3.63) is 76.6 Å². The predicted molar refractivity (Wildman–Crippen MR) is 110 cm³/mol. The Morgan fingerprint density at radius 1 is 1.11 bits per heavy atom. The molecule has 0 saturated heterocycles. The molecule has 4 rings (SSSR count). The second-order valence-corrected chi connectivity index (χ2v) is 6.59. The van der Waals surface area contributed by atoms with E-state index in [1.54, 1.807) is 0 Å². The number of fused-ring (bicyclic) bond motifs is 1. The lowest BCUT2D eigenvalue weighted by Gasteiger charge is -2.31. The third-order valence-electron chi connectivity index (χ3n) is 4.97. The van der Waals surface area contributed by atoms with Crippen LogP contribution >= 0.6 is 0 Å². The number of nitrogens with zero attached hydrogens (tertiary/aromatic N) is 5. The third-order valence-corrected chi connectivity index (χ3v) is 4.97. The highest BCUT2D eigenvalue weighted by molar-refractivity contribution is 5.80. The molecule has 0 aliphatic carbocycles. The molecule has 28 heavy (non-hydrogen) atoms. The first-order chi connectivity index (χ1) is 13.7. The summed E-state index contributed by atoms with van der Waals surface area (Å²) in [5.74, 6) is 0.656. The van der Waals surface area contributed by atoms with Crippen LogP contribution < -0.4 is 9.80 Å². The van der Waals surface area contributed by atoms with Gasteiger partial charge in [0.1, 0.15) is 6.33 Å². The van der Waals surface area contributed by atoms with Gasteiger partial charge in [-0.15, -0.1) is 0 Å². The van der Waals surface area contributed by atoms with E-state index in [0.717, 1.165) is 24.2 Å². The van der Waals surface area contributed by atoms with Crippen molar-refractivity contribution in [3.63, 3.8) is 0 Å². The van der Waals surface area contributed by atoms with Crippen molar-refractivity contribution in [1.29, 1.82) is 0 Å². The Bertz CT molecular complexity index is 993. The highest BCUT2D eigenvalue weighted by Gasteiger charge is 2.32. The summed E-state index contributed by atoms with van der Waals surface area (Å²) >= 11 is 0. The minimum absolute atomic E-state index is 0.0649. The number of aryl methyl sites for hydroxylation is 1. The van der Waals surface area contributed by atoms with Gasteiger partial charge in [0.15, 0.2) is 0 Å². The summed E-state index contributed by atoms with van der Waals surface area (Å²) in [6.07, 6.45) is 3.30. The Kier molecular flexibility index (Phi) is 4.89. The van der Waals surface area contributed by atoms with Crippen LogP contribution in [0.25, 0.3) is 0 Å². The van der Waals surface area contributed by atoms with Crippen molar-refractivity contribution in [3.8, 4) is 0 Å². The van der Waals surface area contributed by atoms with E-state index >= 15 is 0 Å². The van der Waals surface area contributed by atoms with Gasteiger partial charge >= 0.3 is 5.69 Å². The molecule has 7 heteroatoms. The Balaban J connectivity index is 1.87. The second kappa shape index (κ2) is 7.64. The van der Waals surface area contributed by atoms with Gasteiger partial charge in [-0.3, -0.25) is 10.1 Å². The van der Waals surface area contributed by atoms with Gasteiger partial charge in [0.05, 0.1) is 4.92 Å². The number of nitro groups is 1. The maximum Gasteiger partial charge on any atom is 0.354 e. The van der Waals surface area contributed by atoms with Crippen LogP contribution in [0.4, 0.5) is 28.7 Å². The molecule has 0 unspecified atom stereocenters. The molecule has 0 atom stereocenters. The van der Waals surface area contributed by atoms with Crippen LogP contribution in [-0.2, 0) is 6.42 Å². The highest BCUT2D eigenvalue weighted by atomic mass is 16.6. The molecule has 1 aliphatic heterocycles. The first-order valence-corrected chi connectivity index (χ1v) is 9.38. The smallest absolute Gasteiger partial charge is 0.321 e. The minimum atomic E-state index is -0.368. The number of rotatable bonds is 5. The average molecular weight is 375 g/mol. The van der Waals surface area contributed by atoms with E-state index in [1.165, 1.54) is 11.9 Å². The van der Waals surface area contributed by atoms with Crippen LogP contribution in [0.2, 0.25) is 0 Å². The normalized spacial score (nSPS) is 13.1. The number of hydrogen-bond acceptors (Lipinski definition) is 6. The Morgan fingerprint density at radius 2 is 1.86 bits per heavy atom. The predicted octanol–water partition coefficient (Wildman–Crippen LogP) is 4.63. The number of anilines is 4. The summed E-state index contributed by atoms with van der Waals surface area (Å²) in [6, 6.07) is 17.6. The molecule has 2 aromatic carbocycles. The van der Waals surface area contributed by atoms with Crippen LogP contribution in [-0.4, -0.2) is 28.0 Å². The molecule has 0 spiro atoms. The molecule has 0 N–H and O–H groups in total. The quantitative estimate of drug-likeness (QED) is 0.478. The Labute approximate surface area is 163 Å².